The van der Waals surface area contributed by atoms with E-state index in [1.54, 1.807) is 12.1 Å². The number of para-hydroxylation sites is 1. The van der Waals surface area contributed by atoms with Gasteiger partial charge in [-0.05, 0) is 47.5 Å². The van der Waals surface area contributed by atoms with Crippen LogP contribution < -0.4 is 5.73 Å². The monoisotopic (exact) mass is 528 g/mol. The largest absolute Gasteiger partial charge is 0.425 e. The number of hydrogen-bond acceptors (Lipinski definition) is 5. The van der Waals surface area contributed by atoms with E-state index in [0.717, 1.165) is 6.20 Å². The van der Waals surface area contributed by atoms with E-state index < -0.39 is 41.4 Å². The van der Waals surface area contributed by atoms with Crippen molar-refractivity contribution in [1.29, 1.82) is 0 Å². The molecule has 0 fully saturated rings. The molecule has 3 aromatic carbocycles. The number of alkyl halides is 3. The molecular weight excluding hydrogens is 504 g/mol. The predicted octanol–water partition coefficient (Wildman–Crippen LogP) is 3.73. The summed E-state index contributed by atoms with van der Waals surface area (Å²) in [7, 11) is 0. The standard InChI is InChI=1S/C27H24F4N4O3/c28-19-5-7-20(8-6-19)35-24-9-4-18(10-17(24)12-33-35)26(38,27(29,30)31)23-14-34(13-21(37)15-36)25-16(11-32)2-1-3-22(23)25/h1-10,12,14,21,36-38H,11,13,15,32H2. The van der Waals surface area contributed by atoms with Gasteiger partial charge in [-0.15, -0.1) is 0 Å². The summed E-state index contributed by atoms with van der Waals surface area (Å²) in [6, 6.07) is 13.9. The smallest absolute Gasteiger partial charge is 0.394 e. The number of aromatic nitrogens is 3. The Hall–Kier alpha value is -3.77. The minimum absolute atomic E-state index is 0.00892. The van der Waals surface area contributed by atoms with E-state index in [9.17, 15) is 32.9 Å². The first kappa shape index (κ1) is 25.9. The molecule has 38 heavy (non-hydrogen) atoms. The lowest BCUT2D eigenvalue weighted by atomic mass is 9.84. The molecule has 0 aliphatic heterocycles. The second-order valence-electron chi connectivity index (χ2n) is 9.06. The molecular formula is C27H24F4N4O3. The number of fused-ring (bicyclic) bond motifs is 2. The average molecular weight is 529 g/mol. The lowest BCUT2D eigenvalue weighted by Gasteiger charge is -2.31. The molecule has 5 aromatic rings. The topological polar surface area (TPSA) is 109 Å². The highest BCUT2D eigenvalue weighted by molar-refractivity contribution is 5.89. The Balaban J connectivity index is 1.71. The minimum Gasteiger partial charge on any atom is -0.394 e. The number of nitrogens with zero attached hydrogens (tertiary/aromatic N) is 3. The Morgan fingerprint density at radius 1 is 1.03 bits per heavy atom. The first-order valence-corrected chi connectivity index (χ1v) is 11.7. The van der Waals surface area contributed by atoms with Gasteiger partial charge < -0.3 is 25.6 Å². The van der Waals surface area contributed by atoms with Crippen LogP contribution in [-0.2, 0) is 18.7 Å². The van der Waals surface area contributed by atoms with Crippen LogP contribution in [0.3, 0.4) is 0 Å². The maximum absolute atomic E-state index is 14.8. The quantitative estimate of drug-likeness (QED) is 0.241. The molecule has 2 unspecified atom stereocenters. The summed E-state index contributed by atoms with van der Waals surface area (Å²) >= 11 is 0. The van der Waals surface area contributed by atoms with Crippen LogP contribution >= 0.6 is 0 Å². The number of benzene rings is 3. The SMILES string of the molecule is NCc1cccc2c(C(O)(c3ccc4c(cnn4-c4ccc(F)cc4)c3)C(F)(F)F)cn(CC(O)CO)c12. The fourth-order valence-corrected chi connectivity index (χ4v) is 4.84. The van der Waals surface area contributed by atoms with Gasteiger partial charge in [0.25, 0.3) is 0 Å². The lowest BCUT2D eigenvalue weighted by Crippen LogP contribution is -2.43. The molecule has 0 saturated carbocycles. The molecule has 0 saturated heterocycles. The summed E-state index contributed by atoms with van der Waals surface area (Å²) in [6.45, 7) is -0.797. The predicted molar refractivity (Wildman–Crippen MR) is 133 cm³/mol. The molecule has 5 rings (SSSR count). The summed E-state index contributed by atoms with van der Waals surface area (Å²) in [6.07, 6.45) is -3.87. The average Bonchev–Trinajstić information content (AvgIpc) is 3.49. The first-order chi connectivity index (χ1) is 18.1. The van der Waals surface area contributed by atoms with Crippen molar-refractivity contribution in [2.24, 2.45) is 5.73 Å². The Morgan fingerprint density at radius 3 is 2.42 bits per heavy atom. The van der Waals surface area contributed by atoms with Gasteiger partial charge in [-0.3, -0.25) is 0 Å². The molecule has 7 nitrogen and oxygen atoms in total. The van der Waals surface area contributed by atoms with Gasteiger partial charge in [0, 0.05) is 29.1 Å². The summed E-state index contributed by atoms with van der Waals surface area (Å²) < 4.78 is 60.6. The van der Waals surface area contributed by atoms with Crippen molar-refractivity contribution < 1.29 is 32.9 Å². The Morgan fingerprint density at radius 2 is 1.76 bits per heavy atom. The zero-order chi connectivity index (χ0) is 27.2. The number of aliphatic hydroxyl groups is 3. The third-order valence-electron chi connectivity index (χ3n) is 6.68. The third-order valence-corrected chi connectivity index (χ3v) is 6.68. The number of rotatable bonds is 7. The van der Waals surface area contributed by atoms with Crippen LogP contribution in [0.4, 0.5) is 17.6 Å². The van der Waals surface area contributed by atoms with Crippen molar-refractivity contribution >= 4 is 21.8 Å². The highest BCUT2D eigenvalue weighted by atomic mass is 19.4. The van der Waals surface area contributed by atoms with Crippen molar-refractivity contribution in [1.82, 2.24) is 14.3 Å². The fourth-order valence-electron chi connectivity index (χ4n) is 4.84. The van der Waals surface area contributed by atoms with Gasteiger partial charge in [0.05, 0.1) is 42.2 Å². The summed E-state index contributed by atoms with van der Waals surface area (Å²) in [4.78, 5) is 0. The van der Waals surface area contributed by atoms with E-state index in [2.05, 4.69) is 5.10 Å². The molecule has 0 bridgehead atoms. The summed E-state index contributed by atoms with van der Waals surface area (Å²) in [5.74, 6) is -0.439. The molecule has 2 atom stereocenters. The third kappa shape index (κ3) is 4.13. The molecule has 0 aliphatic carbocycles. The second kappa shape index (κ2) is 9.52. The van der Waals surface area contributed by atoms with Gasteiger partial charge in [-0.2, -0.15) is 18.3 Å². The second-order valence-corrected chi connectivity index (χ2v) is 9.06. The Labute approximate surface area is 214 Å². The zero-order valence-electron chi connectivity index (χ0n) is 19.9. The molecule has 2 heterocycles. The minimum atomic E-state index is -5.14. The molecule has 0 aliphatic rings. The first-order valence-electron chi connectivity index (χ1n) is 11.7. The van der Waals surface area contributed by atoms with E-state index in [1.807, 2.05) is 0 Å². The summed E-state index contributed by atoms with van der Waals surface area (Å²) in [5.41, 5.74) is 3.35. The number of aliphatic hydroxyl groups excluding tert-OH is 2. The van der Waals surface area contributed by atoms with Crippen molar-refractivity contribution in [3.8, 4) is 5.69 Å². The van der Waals surface area contributed by atoms with Crippen molar-refractivity contribution in [3.05, 3.63) is 95.6 Å². The van der Waals surface area contributed by atoms with Crippen LogP contribution in [-0.4, -0.2) is 48.6 Å². The zero-order valence-corrected chi connectivity index (χ0v) is 19.9. The molecule has 5 N–H and O–H groups in total. The molecule has 2 aromatic heterocycles. The highest BCUT2D eigenvalue weighted by Gasteiger charge is 2.57. The van der Waals surface area contributed by atoms with Crippen LogP contribution in [0.5, 0.6) is 0 Å². The van der Waals surface area contributed by atoms with E-state index >= 15 is 0 Å². The van der Waals surface area contributed by atoms with Crippen molar-refractivity contribution in [3.63, 3.8) is 0 Å². The summed E-state index contributed by atoms with van der Waals surface area (Å²) in [5, 5.41) is 35.6. The number of nitrogens with two attached hydrogens (primary N) is 1. The van der Waals surface area contributed by atoms with Crippen LogP contribution in [0, 0.1) is 5.82 Å². The number of halogens is 4. The van der Waals surface area contributed by atoms with Gasteiger partial charge in [0.2, 0.25) is 5.60 Å². The van der Waals surface area contributed by atoms with E-state index in [-0.39, 0.29) is 18.5 Å². The van der Waals surface area contributed by atoms with Crippen LogP contribution in [0.25, 0.3) is 27.5 Å². The molecule has 11 heteroatoms. The van der Waals surface area contributed by atoms with Crippen molar-refractivity contribution in [2.45, 2.75) is 31.0 Å². The molecule has 0 radical (unpaired) electrons. The molecule has 0 spiro atoms. The van der Waals surface area contributed by atoms with Crippen LogP contribution in [0.15, 0.2) is 73.1 Å². The van der Waals surface area contributed by atoms with Gasteiger partial charge in [-0.25, -0.2) is 9.07 Å². The van der Waals surface area contributed by atoms with Crippen LogP contribution in [0.2, 0.25) is 0 Å². The molecule has 198 valence electrons. The van der Waals surface area contributed by atoms with Crippen LogP contribution in [0.1, 0.15) is 16.7 Å². The number of hydrogen-bond donors (Lipinski definition) is 4. The van der Waals surface area contributed by atoms with Crippen molar-refractivity contribution in [2.75, 3.05) is 6.61 Å². The van der Waals surface area contributed by atoms with Gasteiger partial charge in [-0.1, -0.05) is 24.3 Å². The maximum Gasteiger partial charge on any atom is 0.425 e. The van der Waals surface area contributed by atoms with E-state index in [1.165, 1.54) is 64.0 Å². The van der Waals surface area contributed by atoms with E-state index in [4.69, 9.17) is 5.73 Å². The lowest BCUT2D eigenvalue weighted by molar-refractivity contribution is -0.247. The highest BCUT2D eigenvalue weighted by Crippen LogP contribution is 2.48. The maximum atomic E-state index is 14.8. The Kier molecular flexibility index (Phi) is 6.48. The fraction of sp³-hybridized carbons (Fsp3) is 0.222. The van der Waals surface area contributed by atoms with Gasteiger partial charge in [0.15, 0.2) is 0 Å². The normalized spacial score (nSPS) is 14.7. The van der Waals surface area contributed by atoms with Gasteiger partial charge in [0.1, 0.15) is 5.82 Å². The molecule has 0 amide bonds. The van der Waals surface area contributed by atoms with E-state index in [0.29, 0.717) is 27.7 Å². The van der Waals surface area contributed by atoms with Gasteiger partial charge >= 0.3 is 6.18 Å². The Bertz CT molecular complexity index is 1610.